The number of benzene rings is 2. The lowest BCUT2D eigenvalue weighted by molar-refractivity contribution is -0.159. The molecule has 0 bridgehead atoms. The third-order valence-corrected chi connectivity index (χ3v) is 7.17. The molecule has 228 valence electrons. The SMILES string of the molecule is CCOC(=O)C(C)(C)Oc1ccc(Cl)cc1CCCCCCCCCc1cc(Cl)ccc1OC(C)(C)C(=O)OCC. The van der Waals surface area contributed by atoms with Crippen LogP contribution in [0.25, 0.3) is 0 Å². The van der Waals surface area contributed by atoms with Crippen LogP contribution in [-0.2, 0) is 31.9 Å². The van der Waals surface area contributed by atoms with E-state index in [2.05, 4.69) is 0 Å². The highest BCUT2D eigenvalue weighted by molar-refractivity contribution is 6.31. The van der Waals surface area contributed by atoms with Crippen LogP contribution in [0.1, 0.15) is 97.6 Å². The standard InChI is InChI=1S/C33H46Cl2O6/c1-7-38-30(36)32(3,4)40-28-20-18-26(34)22-24(28)16-14-12-10-9-11-13-15-17-25-23-27(35)19-21-29(25)41-33(5,6)31(37)39-8-2/h18-23H,7-17H2,1-6H3. The zero-order valence-corrected chi connectivity index (χ0v) is 27.0. The Kier molecular flexibility index (Phi) is 14.3. The highest BCUT2D eigenvalue weighted by atomic mass is 35.5. The van der Waals surface area contributed by atoms with Gasteiger partial charge in [-0.25, -0.2) is 9.59 Å². The summed E-state index contributed by atoms with van der Waals surface area (Å²) in [4.78, 5) is 24.5. The zero-order chi connectivity index (χ0) is 30.5. The van der Waals surface area contributed by atoms with E-state index in [0.29, 0.717) is 34.8 Å². The minimum Gasteiger partial charge on any atom is -0.476 e. The Bertz CT molecular complexity index is 1040. The molecule has 0 fully saturated rings. The average molecular weight is 610 g/mol. The second-order valence-electron chi connectivity index (χ2n) is 11.1. The average Bonchev–Trinajstić information content (AvgIpc) is 2.90. The van der Waals surface area contributed by atoms with Gasteiger partial charge in [-0.3, -0.25) is 0 Å². The van der Waals surface area contributed by atoms with E-state index in [9.17, 15) is 9.59 Å². The van der Waals surface area contributed by atoms with Crippen molar-refractivity contribution in [2.45, 2.75) is 111 Å². The first-order chi connectivity index (χ1) is 19.4. The molecule has 0 aliphatic carbocycles. The van der Waals surface area contributed by atoms with Gasteiger partial charge in [-0.15, -0.1) is 0 Å². The number of aryl methyl sites for hydroxylation is 2. The van der Waals surface area contributed by atoms with Gasteiger partial charge in [0, 0.05) is 10.0 Å². The molecule has 0 amide bonds. The van der Waals surface area contributed by atoms with Crippen LogP contribution in [0.5, 0.6) is 11.5 Å². The number of hydrogen-bond acceptors (Lipinski definition) is 6. The van der Waals surface area contributed by atoms with E-state index in [-0.39, 0.29) is 11.9 Å². The van der Waals surface area contributed by atoms with Crippen molar-refractivity contribution in [1.82, 2.24) is 0 Å². The fourth-order valence-corrected chi connectivity index (χ4v) is 4.83. The predicted octanol–water partition coefficient (Wildman–Crippen LogP) is 8.95. The maximum atomic E-state index is 12.3. The molecule has 0 heterocycles. The Morgan fingerprint density at radius 1 is 0.610 bits per heavy atom. The molecule has 6 nitrogen and oxygen atoms in total. The molecule has 0 saturated heterocycles. The largest absolute Gasteiger partial charge is 0.476 e. The molecule has 0 spiro atoms. The lowest BCUT2D eigenvalue weighted by Crippen LogP contribution is -2.40. The van der Waals surface area contributed by atoms with Gasteiger partial charge in [0.25, 0.3) is 0 Å². The van der Waals surface area contributed by atoms with Crippen molar-refractivity contribution >= 4 is 35.1 Å². The molecule has 8 heteroatoms. The van der Waals surface area contributed by atoms with E-state index < -0.39 is 11.2 Å². The quantitative estimate of drug-likeness (QED) is 0.124. The Hall–Kier alpha value is -2.44. The van der Waals surface area contributed by atoms with E-state index in [1.807, 2.05) is 24.3 Å². The van der Waals surface area contributed by atoms with Crippen LogP contribution in [0.4, 0.5) is 0 Å². The van der Waals surface area contributed by atoms with E-state index >= 15 is 0 Å². The second kappa shape index (κ2) is 16.9. The summed E-state index contributed by atoms with van der Waals surface area (Å²) in [6.45, 7) is 11.0. The van der Waals surface area contributed by atoms with Crippen molar-refractivity contribution in [2.24, 2.45) is 0 Å². The summed E-state index contributed by atoms with van der Waals surface area (Å²) in [5.74, 6) is 0.561. The molecule has 0 N–H and O–H groups in total. The molecule has 0 radical (unpaired) electrons. The smallest absolute Gasteiger partial charge is 0.349 e. The first-order valence-electron chi connectivity index (χ1n) is 14.7. The number of carbonyl (C=O) groups excluding carboxylic acids is 2. The van der Waals surface area contributed by atoms with Crippen LogP contribution in [0.2, 0.25) is 10.0 Å². The van der Waals surface area contributed by atoms with Crippen LogP contribution >= 0.6 is 23.2 Å². The number of esters is 2. The third kappa shape index (κ3) is 11.8. The molecular weight excluding hydrogens is 563 g/mol. The minimum absolute atomic E-state index is 0.310. The van der Waals surface area contributed by atoms with Crippen LogP contribution in [-0.4, -0.2) is 36.4 Å². The first kappa shape index (κ1) is 34.8. The normalized spacial score (nSPS) is 11.7. The number of carbonyl (C=O) groups is 2. The van der Waals surface area contributed by atoms with Crippen molar-refractivity contribution in [2.75, 3.05) is 13.2 Å². The van der Waals surface area contributed by atoms with Gasteiger partial charge < -0.3 is 18.9 Å². The molecule has 2 aromatic carbocycles. The van der Waals surface area contributed by atoms with Gasteiger partial charge in [-0.1, -0.05) is 55.3 Å². The summed E-state index contributed by atoms with van der Waals surface area (Å²) in [6.07, 6.45) is 9.32. The van der Waals surface area contributed by atoms with E-state index in [0.717, 1.165) is 68.9 Å². The zero-order valence-electron chi connectivity index (χ0n) is 25.4. The van der Waals surface area contributed by atoms with Crippen molar-refractivity contribution in [1.29, 1.82) is 0 Å². The molecule has 0 unspecified atom stereocenters. The highest BCUT2D eigenvalue weighted by Crippen LogP contribution is 2.30. The summed E-state index contributed by atoms with van der Waals surface area (Å²) < 4.78 is 22.4. The van der Waals surface area contributed by atoms with Crippen molar-refractivity contribution in [3.8, 4) is 11.5 Å². The molecule has 0 aliphatic rings. The van der Waals surface area contributed by atoms with Gasteiger partial charge in [0.1, 0.15) is 11.5 Å². The number of rotatable bonds is 18. The van der Waals surface area contributed by atoms with Crippen molar-refractivity contribution in [3.05, 3.63) is 57.6 Å². The summed E-state index contributed by atoms with van der Waals surface area (Å²) in [5, 5.41) is 1.30. The van der Waals surface area contributed by atoms with Gasteiger partial charge in [0.15, 0.2) is 11.2 Å². The van der Waals surface area contributed by atoms with Crippen LogP contribution < -0.4 is 9.47 Å². The Morgan fingerprint density at radius 2 is 0.951 bits per heavy atom. The van der Waals surface area contributed by atoms with E-state index in [4.69, 9.17) is 42.1 Å². The lowest BCUT2D eigenvalue weighted by Gasteiger charge is -2.25. The third-order valence-electron chi connectivity index (χ3n) is 6.70. The summed E-state index contributed by atoms with van der Waals surface area (Å²) in [7, 11) is 0. The highest BCUT2D eigenvalue weighted by Gasteiger charge is 2.33. The fraction of sp³-hybridized carbons (Fsp3) is 0.576. The second-order valence-corrected chi connectivity index (χ2v) is 12.0. The molecule has 0 atom stereocenters. The number of halogens is 2. The van der Waals surface area contributed by atoms with Crippen LogP contribution in [0.3, 0.4) is 0 Å². The van der Waals surface area contributed by atoms with E-state index in [1.54, 1.807) is 53.7 Å². The maximum Gasteiger partial charge on any atom is 0.349 e. The molecule has 2 aromatic rings. The molecular formula is C33H46Cl2O6. The predicted molar refractivity (Wildman–Crippen MR) is 165 cm³/mol. The van der Waals surface area contributed by atoms with Crippen molar-refractivity contribution in [3.63, 3.8) is 0 Å². The fourth-order valence-electron chi connectivity index (χ4n) is 4.44. The summed E-state index contributed by atoms with van der Waals surface area (Å²) >= 11 is 12.5. The summed E-state index contributed by atoms with van der Waals surface area (Å²) in [6, 6.07) is 11.0. The topological polar surface area (TPSA) is 71.1 Å². The first-order valence-corrected chi connectivity index (χ1v) is 15.4. The molecule has 0 saturated carbocycles. The van der Waals surface area contributed by atoms with Crippen LogP contribution in [0.15, 0.2) is 36.4 Å². The van der Waals surface area contributed by atoms with Crippen LogP contribution in [0, 0.1) is 0 Å². The number of hydrogen-bond donors (Lipinski definition) is 0. The lowest BCUT2D eigenvalue weighted by atomic mass is 10.0. The van der Waals surface area contributed by atoms with Crippen molar-refractivity contribution < 1.29 is 28.5 Å². The van der Waals surface area contributed by atoms with Gasteiger partial charge in [0.2, 0.25) is 0 Å². The molecule has 2 rings (SSSR count). The number of unbranched alkanes of at least 4 members (excludes halogenated alkanes) is 6. The van der Waals surface area contributed by atoms with Gasteiger partial charge in [-0.2, -0.15) is 0 Å². The van der Waals surface area contributed by atoms with Gasteiger partial charge in [-0.05, 0) is 115 Å². The molecule has 0 aliphatic heterocycles. The molecule has 0 aromatic heterocycles. The minimum atomic E-state index is -1.08. The Morgan fingerprint density at radius 3 is 1.29 bits per heavy atom. The number of ether oxygens (including phenoxy) is 4. The molecule has 41 heavy (non-hydrogen) atoms. The Balaban J connectivity index is 1.76. The maximum absolute atomic E-state index is 12.3. The monoisotopic (exact) mass is 608 g/mol. The van der Waals surface area contributed by atoms with E-state index in [1.165, 1.54) is 0 Å². The Labute approximate surface area is 256 Å². The van der Waals surface area contributed by atoms with Gasteiger partial charge in [0.05, 0.1) is 13.2 Å². The van der Waals surface area contributed by atoms with Gasteiger partial charge >= 0.3 is 11.9 Å². The summed E-state index contributed by atoms with van der Waals surface area (Å²) in [5.41, 5.74) is -0.150.